The van der Waals surface area contributed by atoms with E-state index < -0.39 is 0 Å². The van der Waals surface area contributed by atoms with Crippen molar-refractivity contribution in [2.75, 3.05) is 0 Å². The van der Waals surface area contributed by atoms with Crippen molar-refractivity contribution >= 4 is 15.9 Å². The van der Waals surface area contributed by atoms with Gasteiger partial charge in [-0.2, -0.15) is 0 Å². The van der Waals surface area contributed by atoms with Crippen LogP contribution in [-0.4, -0.2) is 9.97 Å². The van der Waals surface area contributed by atoms with Gasteiger partial charge in [0.2, 0.25) is 0 Å². The highest BCUT2D eigenvalue weighted by Crippen LogP contribution is 2.29. The fraction of sp³-hybridized carbons (Fsp3) is 0.167. The third-order valence-electron chi connectivity index (χ3n) is 2.56. The number of benzene rings is 1. The van der Waals surface area contributed by atoms with E-state index >= 15 is 0 Å². The molecule has 0 spiro atoms. The predicted molar refractivity (Wildman–Crippen MR) is 64.6 cm³/mol. The van der Waals surface area contributed by atoms with Crippen LogP contribution < -0.4 is 0 Å². The molecule has 0 amide bonds. The Labute approximate surface area is 97.5 Å². The lowest BCUT2D eigenvalue weighted by Gasteiger charge is -2.08. The number of hydrogen-bond donors (Lipinski definition) is 0. The van der Waals surface area contributed by atoms with Gasteiger partial charge in [-0.15, -0.1) is 0 Å². The Morgan fingerprint density at radius 2 is 1.93 bits per heavy atom. The van der Waals surface area contributed by atoms with Gasteiger partial charge in [-0.1, -0.05) is 18.2 Å². The summed E-state index contributed by atoms with van der Waals surface area (Å²) in [5, 5.41) is 0. The second kappa shape index (κ2) is 4.11. The molecule has 1 heterocycles. The Kier molecular flexibility index (Phi) is 2.82. The second-order valence-corrected chi connectivity index (χ2v) is 4.23. The van der Waals surface area contributed by atoms with Gasteiger partial charge in [0.25, 0.3) is 0 Å². The minimum atomic E-state index is 0.839. The fourth-order valence-electron chi connectivity index (χ4n) is 1.54. The molecule has 0 aliphatic heterocycles. The third kappa shape index (κ3) is 1.92. The van der Waals surface area contributed by atoms with E-state index in [9.17, 15) is 0 Å². The maximum Gasteiger partial charge on any atom is 0.117 e. The molecule has 0 N–H and O–H groups in total. The molecule has 0 fully saturated rings. The Bertz CT molecular complexity index is 495. The van der Waals surface area contributed by atoms with Crippen LogP contribution in [-0.2, 0) is 0 Å². The van der Waals surface area contributed by atoms with E-state index in [4.69, 9.17) is 0 Å². The average molecular weight is 263 g/mol. The van der Waals surface area contributed by atoms with Crippen LogP contribution in [0, 0.1) is 13.8 Å². The monoisotopic (exact) mass is 262 g/mol. The molecular weight excluding hydrogens is 252 g/mol. The molecule has 3 heteroatoms. The summed E-state index contributed by atoms with van der Waals surface area (Å²) in [6.45, 7) is 4.22. The number of aromatic nitrogens is 2. The van der Waals surface area contributed by atoms with E-state index in [1.807, 2.05) is 6.20 Å². The smallest absolute Gasteiger partial charge is 0.117 e. The van der Waals surface area contributed by atoms with Crippen LogP contribution in [0.3, 0.4) is 0 Å². The molecule has 0 aliphatic rings. The molecule has 0 unspecified atom stereocenters. The predicted octanol–water partition coefficient (Wildman–Crippen LogP) is 3.52. The molecular formula is C12H11BrN2. The van der Waals surface area contributed by atoms with Gasteiger partial charge in [0.1, 0.15) is 10.9 Å². The van der Waals surface area contributed by atoms with Gasteiger partial charge in [0.05, 0.1) is 0 Å². The summed E-state index contributed by atoms with van der Waals surface area (Å²) in [5.74, 6) is 0. The van der Waals surface area contributed by atoms with Crippen molar-refractivity contribution in [2.24, 2.45) is 0 Å². The first kappa shape index (κ1) is 10.3. The van der Waals surface area contributed by atoms with E-state index in [-0.39, 0.29) is 0 Å². The highest BCUT2D eigenvalue weighted by molar-refractivity contribution is 9.10. The van der Waals surface area contributed by atoms with Gasteiger partial charge >= 0.3 is 0 Å². The second-order valence-electron chi connectivity index (χ2n) is 3.47. The summed E-state index contributed by atoms with van der Waals surface area (Å²) >= 11 is 3.44. The summed E-state index contributed by atoms with van der Waals surface area (Å²) in [6, 6.07) is 6.25. The summed E-state index contributed by atoms with van der Waals surface area (Å²) < 4.78 is 0.839. The first-order chi connectivity index (χ1) is 7.20. The number of rotatable bonds is 1. The lowest BCUT2D eigenvalue weighted by Crippen LogP contribution is -1.90. The van der Waals surface area contributed by atoms with Crippen molar-refractivity contribution in [2.45, 2.75) is 13.8 Å². The molecule has 1 aromatic carbocycles. The number of nitrogens with zero attached hydrogens (tertiary/aromatic N) is 2. The first-order valence-electron chi connectivity index (χ1n) is 4.72. The van der Waals surface area contributed by atoms with Crippen molar-refractivity contribution in [1.82, 2.24) is 9.97 Å². The van der Waals surface area contributed by atoms with Gasteiger partial charge in [-0.05, 0) is 46.5 Å². The number of hydrogen-bond acceptors (Lipinski definition) is 2. The van der Waals surface area contributed by atoms with E-state index in [1.54, 1.807) is 6.33 Å². The van der Waals surface area contributed by atoms with Crippen molar-refractivity contribution in [3.05, 3.63) is 46.5 Å². The summed E-state index contributed by atoms with van der Waals surface area (Å²) in [4.78, 5) is 8.18. The van der Waals surface area contributed by atoms with Crippen LogP contribution >= 0.6 is 15.9 Å². The summed E-state index contributed by atoms with van der Waals surface area (Å²) in [6.07, 6.45) is 3.37. The molecule has 76 valence electrons. The zero-order valence-corrected chi connectivity index (χ0v) is 10.2. The standard InChI is InChI=1S/C12H11BrN2/c1-8-4-3-5-10(9(8)2)11-6-14-7-15-12(11)13/h3-7H,1-2H3. The molecule has 0 aliphatic carbocycles. The highest BCUT2D eigenvalue weighted by Gasteiger charge is 2.07. The number of halogens is 1. The van der Waals surface area contributed by atoms with Crippen LogP contribution in [0.5, 0.6) is 0 Å². The Balaban J connectivity index is 2.65. The molecule has 15 heavy (non-hydrogen) atoms. The normalized spacial score (nSPS) is 10.3. The Morgan fingerprint density at radius 1 is 1.13 bits per heavy atom. The molecule has 2 rings (SSSR count). The molecule has 1 aromatic heterocycles. The van der Waals surface area contributed by atoms with E-state index in [2.05, 4.69) is 57.9 Å². The molecule has 0 radical (unpaired) electrons. The van der Waals surface area contributed by atoms with Gasteiger partial charge in [-0.3, -0.25) is 0 Å². The SMILES string of the molecule is Cc1cccc(-c2cncnc2Br)c1C. The minimum absolute atomic E-state index is 0.839. The van der Waals surface area contributed by atoms with E-state index in [0.29, 0.717) is 0 Å². The van der Waals surface area contributed by atoms with E-state index in [1.165, 1.54) is 16.7 Å². The Hall–Kier alpha value is -1.22. The lowest BCUT2D eigenvalue weighted by atomic mass is 9.99. The fourth-order valence-corrected chi connectivity index (χ4v) is 1.95. The largest absolute Gasteiger partial charge is 0.244 e. The van der Waals surface area contributed by atoms with Crippen LogP contribution in [0.1, 0.15) is 11.1 Å². The van der Waals surface area contributed by atoms with Gasteiger partial charge < -0.3 is 0 Å². The molecule has 0 saturated heterocycles. The maximum absolute atomic E-state index is 4.13. The van der Waals surface area contributed by atoms with Gasteiger partial charge in [0.15, 0.2) is 0 Å². The first-order valence-corrected chi connectivity index (χ1v) is 5.51. The zero-order valence-electron chi connectivity index (χ0n) is 8.66. The maximum atomic E-state index is 4.13. The van der Waals surface area contributed by atoms with Gasteiger partial charge in [-0.25, -0.2) is 9.97 Å². The van der Waals surface area contributed by atoms with Crippen LogP contribution in [0.15, 0.2) is 35.3 Å². The van der Waals surface area contributed by atoms with Crippen molar-refractivity contribution < 1.29 is 0 Å². The molecule has 0 atom stereocenters. The zero-order chi connectivity index (χ0) is 10.8. The van der Waals surface area contributed by atoms with Crippen LogP contribution in [0.2, 0.25) is 0 Å². The van der Waals surface area contributed by atoms with Crippen LogP contribution in [0.25, 0.3) is 11.1 Å². The number of aryl methyl sites for hydroxylation is 1. The van der Waals surface area contributed by atoms with E-state index in [0.717, 1.165) is 10.2 Å². The Morgan fingerprint density at radius 3 is 2.67 bits per heavy atom. The topological polar surface area (TPSA) is 25.8 Å². The lowest BCUT2D eigenvalue weighted by molar-refractivity contribution is 1.14. The average Bonchev–Trinajstić information content (AvgIpc) is 2.23. The van der Waals surface area contributed by atoms with Crippen molar-refractivity contribution in [1.29, 1.82) is 0 Å². The quantitative estimate of drug-likeness (QED) is 0.735. The van der Waals surface area contributed by atoms with Crippen LogP contribution in [0.4, 0.5) is 0 Å². The highest BCUT2D eigenvalue weighted by atomic mass is 79.9. The van der Waals surface area contributed by atoms with Gasteiger partial charge in [0, 0.05) is 11.8 Å². The minimum Gasteiger partial charge on any atom is -0.244 e. The molecule has 0 saturated carbocycles. The van der Waals surface area contributed by atoms with Crippen molar-refractivity contribution in [3.8, 4) is 11.1 Å². The summed E-state index contributed by atoms with van der Waals surface area (Å²) in [7, 11) is 0. The molecule has 0 bridgehead atoms. The summed E-state index contributed by atoms with van der Waals surface area (Å²) in [5.41, 5.74) is 4.78. The molecule has 2 aromatic rings. The third-order valence-corrected chi connectivity index (χ3v) is 3.19. The van der Waals surface area contributed by atoms with Crippen molar-refractivity contribution in [3.63, 3.8) is 0 Å². The molecule has 2 nitrogen and oxygen atoms in total.